The van der Waals surface area contributed by atoms with Crippen molar-refractivity contribution in [2.24, 2.45) is 0 Å². The highest BCUT2D eigenvalue weighted by Crippen LogP contribution is 2.30. The summed E-state index contributed by atoms with van der Waals surface area (Å²) in [7, 11) is -2.41. The van der Waals surface area contributed by atoms with Crippen LogP contribution in [0.15, 0.2) is 51.8 Å². The third-order valence-corrected chi connectivity index (χ3v) is 7.14. The number of sulfonamides is 1. The summed E-state index contributed by atoms with van der Waals surface area (Å²) in [4.78, 5) is 12.5. The number of hydrogen-bond donors (Lipinski definition) is 0. The van der Waals surface area contributed by atoms with Crippen LogP contribution in [-0.4, -0.2) is 49.1 Å². The molecule has 0 radical (unpaired) electrons. The van der Waals surface area contributed by atoms with Crippen LogP contribution in [0.2, 0.25) is 5.02 Å². The van der Waals surface area contributed by atoms with Crippen molar-refractivity contribution >= 4 is 27.6 Å². The van der Waals surface area contributed by atoms with Crippen molar-refractivity contribution in [3.8, 4) is 17.2 Å². The first-order valence-electron chi connectivity index (χ1n) is 9.82. The van der Waals surface area contributed by atoms with Gasteiger partial charge in [-0.2, -0.15) is 4.31 Å². The number of nitrogens with zero attached hydrogens (tertiary/aromatic N) is 3. The van der Waals surface area contributed by atoms with Crippen molar-refractivity contribution < 1.29 is 27.1 Å². The van der Waals surface area contributed by atoms with E-state index in [1.54, 1.807) is 24.3 Å². The lowest BCUT2D eigenvalue weighted by Gasteiger charge is -2.18. The van der Waals surface area contributed by atoms with Gasteiger partial charge >= 0.3 is 5.97 Å². The van der Waals surface area contributed by atoms with E-state index in [2.05, 4.69) is 10.2 Å². The van der Waals surface area contributed by atoms with Gasteiger partial charge in [-0.15, -0.1) is 10.2 Å². The van der Waals surface area contributed by atoms with E-state index in [-0.39, 0.29) is 34.6 Å². The molecular weight excluding hydrogens is 458 g/mol. The lowest BCUT2D eigenvalue weighted by Crippen LogP contribution is -2.28. The van der Waals surface area contributed by atoms with Gasteiger partial charge in [0.25, 0.3) is 5.89 Å². The number of carbonyl (C=O) groups is 1. The molecule has 168 valence electrons. The molecule has 0 unspecified atom stereocenters. The Hall–Kier alpha value is -2.95. The number of rotatable bonds is 7. The molecule has 1 fully saturated rings. The minimum absolute atomic E-state index is 0.0702. The third kappa shape index (κ3) is 4.62. The number of benzene rings is 2. The number of methoxy groups -OCH3 is 1. The Labute approximate surface area is 190 Å². The van der Waals surface area contributed by atoms with Gasteiger partial charge in [-0.1, -0.05) is 11.6 Å². The maximum absolute atomic E-state index is 13.0. The number of carbonyl (C=O) groups excluding carboxylic acids is 1. The van der Waals surface area contributed by atoms with Gasteiger partial charge < -0.3 is 13.9 Å². The Bertz CT molecular complexity index is 1220. The largest absolute Gasteiger partial charge is 0.495 e. The maximum atomic E-state index is 13.0. The van der Waals surface area contributed by atoms with Crippen LogP contribution in [0.25, 0.3) is 11.5 Å². The van der Waals surface area contributed by atoms with Gasteiger partial charge in [0.1, 0.15) is 10.6 Å². The van der Waals surface area contributed by atoms with Crippen LogP contribution >= 0.6 is 11.6 Å². The van der Waals surface area contributed by atoms with E-state index < -0.39 is 16.0 Å². The lowest BCUT2D eigenvalue weighted by molar-refractivity contribution is 0.0438. The first-order valence-corrected chi connectivity index (χ1v) is 11.6. The molecule has 4 rings (SSSR count). The molecule has 0 aliphatic carbocycles. The fourth-order valence-corrected chi connectivity index (χ4v) is 5.13. The number of halogens is 1. The number of hydrogen-bond acceptors (Lipinski definition) is 8. The van der Waals surface area contributed by atoms with Crippen molar-refractivity contribution in [3.05, 3.63) is 58.9 Å². The van der Waals surface area contributed by atoms with E-state index in [4.69, 9.17) is 25.5 Å². The van der Waals surface area contributed by atoms with Crippen LogP contribution in [-0.2, 0) is 21.4 Å². The highest BCUT2D eigenvalue weighted by Gasteiger charge is 2.31. The molecule has 3 aromatic rings. The molecular formula is C21H20ClN3O6S. The third-order valence-electron chi connectivity index (χ3n) is 4.97. The van der Waals surface area contributed by atoms with Crippen LogP contribution in [0.3, 0.4) is 0 Å². The minimum Gasteiger partial charge on any atom is -0.495 e. The van der Waals surface area contributed by atoms with Gasteiger partial charge in [0.2, 0.25) is 15.9 Å². The first-order chi connectivity index (χ1) is 15.4. The Morgan fingerprint density at radius 3 is 2.53 bits per heavy atom. The average molecular weight is 478 g/mol. The zero-order valence-electron chi connectivity index (χ0n) is 17.2. The standard InChI is InChI=1S/C21H20ClN3O6S/c1-29-17-9-6-15(12-18(17)32(27,28)25-10-2-3-11-25)21(26)30-13-19-23-24-20(31-19)14-4-7-16(22)8-5-14/h4-9,12H,2-3,10-11,13H2,1H3. The molecule has 2 aromatic carbocycles. The molecule has 1 aromatic heterocycles. The maximum Gasteiger partial charge on any atom is 0.338 e. The van der Waals surface area contributed by atoms with Gasteiger partial charge in [-0.3, -0.25) is 0 Å². The van der Waals surface area contributed by atoms with Gasteiger partial charge in [0.15, 0.2) is 6.61 Å². The highest BCUT2D eigenvalue weighted by molar-refractivity contribution is 7.89. The average Bonchev–Trinajstić information content (AvgIpc) is 3.50. The zero-order valence-corrected chi connectivity index (χ0v) is 18.7. The van der Waals surface area contributed by atoms with Crippen molar-refractivity contribution in [1.29, 1.82) is 0 Å². The molecule has 0 amide bonds. The van der Waals surface area contributed by atoms with Gasteiger partial charge in [0.05, 0.1) is 12.7 Å². The molecule has 0 N–H and O–H groups in total. The van der Waals surface area contributed by atoms with E-state index >= 15 is 0 Å². The molecule has 9 nitrogen and oxygen atoms in total. The summed E-state index contributed by atoms with van der Waals surface area (Å²) in [6, 6.07) is 11.0. The molecule has 0 atom stereocenters. The molecule has 0 saturated carbocycles. The predicted octanol–water partition coefficient (Wildman–Crippen LogP) is 3.54. The Balaban J connectivity index is 1.49. The highest BCUT2D eigenvalue weighted by atomic mass is 35.5. The van der Waals surface area contributed by atoms with Crippen molar-refractivity contribution in [3.63, 3.8) is 0 Å². The molecule has 1 aliphatic rings. The minimum atomic E-state index is -3.78. The first kappa shape index (κ1) is 22.3. The monoisotopic (exact) mass is 477 g/mol. The fourth-order valence-electron chi connectivity index (χ4n) is 3.30. The normalized spacial score (nSPS) is 14.4. The van der Waals surface area contributed by atoms with Crippen LogP contribution < -0.4 is 4.74 Å². The van der Waals surface area contributed by atoms with Crippen molar-refractivity contribution in [2.75, 3.05) is 20.2 Å². The summed E-state index contributed by atoms with van der Waals surface area (Å²) in [5.41, 5.74) is 0.743. The van der Waals surface area contributed by atoms with E-state index in [1.165, 1.54) is 29.6 Å². The second-order valence-electron chi connectivity index (χ2n) is 7.06. The predicted molar refractivity (Wildman–Crippen MR) is 115 cm³/mol. The van der Waals surface area contributed by atoms with Crippen molar-refractivity contribution in [1.82, 2.24) is 14.5 Å². The zero-order chi connectivity index (χ0) is 22.7. The van der Waals surface area contributed by atoms with Gasteiger partial charge in [0, 0.05) is 23.7 Å². The molecule has 32 heavy (non-hydrogen) atoms. The summed E-state index contributed by atoms with van der Waals surface area (Å²) < 4.78 is 43.3. The SMILES string of the molecule is COc1ccc(C(=O)OCc2nnc(-c3ccc(Cl)cc3)o2)cc1S(=O)(=O)N1CCCC1. The van der Waals surface area contributed by atoms with Gasteiger partial charge in [-0.25, -0.2) is 13.2 Å². The number of esters is 1. The smallest absolute Gasteiger partial charge is 0.338 e. The number of aromatic nitrogens is 2. The van der Waals surface area contributed by atoms with Crippen LogP contribution in [0.5, 0.6) is 5.75 Å². The Morgan fingerprint density at radius 2 is 1.84 bits per heavy atom. The van der Waals surface area contributed by atoms with E-state index in [0.29, 0.717) is 23.7 Å². The topological polar surface area (TPSA) is 112 Å². The summed E-state index contributed by atoms with van der Waals surface area (Å²) >= 11 is 5.87. The van der Waals surface area contributed by atoms with E-state index in [9.17, 15) is 13.2 Å². The van der Waals surface area contributed by atoms with E-state index in [1.807, 2.05) is 0 Å². The number of ether oxygens (including phenoxy) is 2. The summed E-state index contributed by atoms with van der Waals surface area (Å²) in [6.45, 7) is 0.611. The fraction of sp³-hybridized carbons (Fsp3) is 0.286. The Morgan fingerprint density at radius 1 is 1.12 bits per heavy atom. The molecule has 1 saturated heterocycles. The molecule has 2 heterocycles. The summed E-state index contributed by atoms with van der Waals surface area (Å²) in [5, 5.41) is 8.37. The molecule has 0 bridgehead atoms. The summed E-state index contributed by atoms with van der Waals surface area (Å²) in [5.74, 6) is -0.201. The van der Waals surface area contributed by atoms with Crippen LogP contribution in [0.1, 0.15) is 29.1 Å². The molecule has 11 heteroatoms. The second-order valence-corrected chi connectivity index (χ2v) is 9.40. The Kier molecular flexibility index (Phi) is 6.45. The molecule has 1 aliphatic heterocycles. The quantitative estimate of drug-likeness (QED) is 0.475. The van der Waals surface area contributed by atoms with E-state index in [0.717, 1.165) is 12.8 Å². The van der Waals surface area contributed by atoms with Crippen LogP contribution in [0, 0.1) is 0 Å². The second kappa shape index (κ2) is 9.27. The summed E-state index contributed by atoms with van der Waals surface area (Å²) in [6.07, 6.45) is 1.59. The van der Waals surface area contributed by atoms with Crippen LogP contribution in [0.4, 0.5) is 0 Å². The lowest BCUT2D eigenvalue weighted by atomic mass is 10.2. The molecule has 0 spiro atoms. The van der Waals surface area contributed by atoms with Gasteiger partial charge in [-0.05, 0) is 55.3 Å². The van der Waals surface area contributed by atoms with Crippen molar-refractivity contribution in [2.45, 2.75) is 24.3 Å².